The van der Waals surface area contributed by atoms with Gasteiger partial charge >= 0.3 is 0 Å². The minimum atomic E-state index is -0.211. The molecule has 2 N–H and O–H groups in total. The van der Waals surface area contributed by atoms with Gasteiger partial charge in [0, 0.05) is 5.69 Å². The van der Waals surface area contributed by atoms with Crippen LogP contribution in [-0.2, 0) is 11.4 Å². The number of benzene rings is 2. The number of anilines is 1. The van der Waals surface area contributed by atoms with Crippen LogP contribution >= 0.6 is 0 Å². The molecule has 4 nitrogen and oxygen atoms in total. The summed E-state index contributed by atoms with van der Waals surface area (Å²) in [6.45, 7) is -0.0534. The molecule has 0 radical (unpaired) electrons. The van der Waals surface area contributed by atoms with E-state index in [4.69, 9.17) is 9.84 Å². The van der Waals surface area contributed by atoms with Gasteiger partial charge in [-0.1, -0.05) is 30.3 Å². The van der Waals surface area contributed by atoms with Gasteiger partial charge < -0.3 is 15.2 Å². The van der Waals surface area contributed by atoms with Crippen molar-refractivity contribution in [1.29, 1.82) is 0 Å². The van der Waals surface area contributed by atoms with Crippen molar-refractivity contribution in [2.24, 2.45) is 0 Å². The molecule has 2 aromatic rings. The van der Waals surface area contributed by atoms with Crippen molar-refractivity contribution in [1.82, 2.24) is 0 Å². The van der Waals surface area contributed by atoms with E-state index < -0.39 is 0 Å². The zero-order valence-electron chi connectivity index (χ0n) is 10.4. The number of aliphatic hydroxyl groups excluding tert-OH is 1. The largest absolute Gasteiger partial charge is 0.484 e. The van der Waals surface area contributed by atoms with Crippen molar-refractivity contribution < 1.29 is 14.6 Å². The molecule has 98 valence electrons. The topological polar surface area (TPSA) is 58.6 Å². The Labute approximate surface area is 111 Å². The maximum absolute atomic E-state index is 11.6. The number of rotatable bonds is 5. The molecule has 1 amide bonds. The zero-order chi connectivity index (χ0) is 13.5. The second-order valence-corrected chi connectivity index (χ2v) is 4.00. The van der Waals surface area contributed by atoms with Crippen LogP contribution < -0.4 is 10.1 Å². The van der Waals surface area contributed by atoms with Crippen LogP contribution in [0.15, 0.2) is 54.6 Å². The molecular weight excluding hydrogens is 242 g/mol. The summed E-state index contributed by atoms with van der Waals surface area (Å²) in [6.07, 6.45) is 0. The van der Waals surface area contributed by atoms with Crippen molar-refractivity contribution in [3.8, 4) is 5.75 Å². The van der Waals surface area contributed by atoms with Gasteiger partial charge in [-0.3, -0.25) is 4.79 Å². The van der Waals surface area contributed by atoms with Gasteiger partial charge in [0.05, 0.1) is 6.61 Å². The van der Waals surface area contributed by atoms with E-state index in [-0.39, 0.29) is 19.1 Å². The van der Waals surface area contributed by atoms with Crippen molar-refractivity contribution >= 4 is 11.6 Å². The second-order valence-electron chi connectivity index (χ2n) is 4.00. The number of carbonyl (C=O) groups is 1. The highest BCUT2D eigenvalue weighted by Gasteiger charge is 2.03. The first-order valence-electron chi connectivity index (χ1n) is 5.95. The van der Waals surface area contributed by atoms with Gasteiger partial charge in [-0.2, -0.15) is 0 Å². The number of hydrogen-bond acceptors (Lipinski definition) is 3. The molecule has 0 fully saturated rings. The first-order valence-corrected chi connectivity index (χ1v) is 5.95. The third kappa shape index (κ3) is 4.12. The number of amides is 1. The Hall–Kier alpha value is -2.33. The Morgan fingerprint density at radius 2 is 1.74 bits per heavy atom. The number of para-hydroxylation sites is 1. The lowest BCUT2D eigenvalue weighted by molar-refractivity contribution is -0.118. The minimum absolute atomic E-state index is 0.00519. The quantitative estimate of drug-likeness (QED) is 0.863. The van der Waals surface area contributed by atoms with Gasteiger partial charge in [0.1, 0.15) is 5.75 Å². The van der Waals surface area contributed by atoms with Crippen molar-refractivity contribution in [2.45, 2.75) is 6.61 Å². The molecule has 19 heavy (non-hydrogen) atoms. The van der Waals surface area contributed by atoms with Crippen LogP contribution in [0.1, 0.15) is 5.56 Å². The lowest BCUT2D eigenvalue weighted by Crippen LogP contribution is -2.20. The summed E-state index contributed by atoms with van der Waals surface area (Å²) in [5, 5.41) is 11.6. The zero-order valence-corrected chi connectivity index (χ0v) is 10.4. The third-order valence-electron chi connectivity index (χ3n) is 2.53. The fourth-order valence-corrected chi connectivity index (χ4v) is 1.56. The molecule has 0 saturated heterocycles. The lowest BCUT2D eigenvalue weighted by atomic mass is 10.2. The van der Waals surface area contributed by atoms with E-state index in [1.807, 2.05) is 30.3 Å². The molecular formula is C15H15NO3. The van der Waals surface area contributed by atoms with Gasteiger partial charge in [-0.15, -0.1) is 0 Å². The summed E-state index contributed by atoms with van der Waals surface area (Å²) in [5.41, 5.74) is 1.55. The predicted octanol–water partition coefficient (Wildman–Crippen LogP) is 2.20. The predicted molar refractivity (Wildman–Crippen MR) is 72.9 cm³/mol. The summed E-state index contributed by atoms with van der Waals surface area (Å²) < 4.78 is 5.35. The Balaban J connectivity index is 1.83. The Morgan fingerprint density at radius 1 is 1.05 bits per heavy atom. The van der Waals surface area contributed by atoms with Crippen LogP contribution in [0.3, 0.4) is 0 Å². The number of hydrogen-bond donors (Lipinski definition) is 2. The van der Waals surface area contributed by atoms with E-state index in [2.05, 4.69) is 5.32 Å². The maximum atomic E-state index is 11.6. The lowest BCUT2D eigenvalue weighted by Gasteiger charge is -2.07. The normalized spacial score (nSPS) is 9.95. The molecule has 0 spiro atoms. The minimum Gasteiger partial charge on any atom is -0.484 e. The van der Waals surface area contributed by atoms with Crippen LogP contribution in [0.2, 0.25) is 0 Å². The standard InChI is InChI=1S/C15H15NO3/c17-10-12-6-8-14(9-7-12)19-11-15(18)16-13-4-2-1-3-5-13/h1-9,17H,10-11H2,(H,16,18). The van der Waals surface area contributed by atoms with Gasteiger partial charge in [-0.05, 0) is 29.8 Å². The van der Waals surface area contributed by atoms with Crippen molar-refractivity contribution in [3.05, 3.63) is 60.2 Å². The summed E-state index contributed by atoms with van der Waals surface area (Å²) in [6, 6.07) is 16.2. The molecule has 4 heteroatoms. The first-order chi connectivity index (χ1) is 9.28. The first kappa shape index (κ1) is 13.1. The van der Waals surface area contributed by atoms with E-state index in [1.54, 1.807) is 24.3 Å². The molecule has 0 aliphatic carbocycles. The molecule has 2 aromatic carbocycles. The number of nitrogens with one attached hydrogen (secondary N) is 1. The van der Waals surface area contributed by atoms with E-state index in [0.717, 1.165) is 11.3 Å². The molecule has 2 rings (SSSR count). The van der Waals surface area contributed by atoms with Crippen LogP contribution in [0.25, 0.3) is 0 Å². The third-order valence-corrected chi connectivity index (χ3v) is 2.53. The number of carbonyl (C=O) groups excluding carboxylic acids is 1. The molecule has 0 heterocycles. The van der Waals surface area contributed by atoms with Crippen LogP contribution in [-0.4, -0.2) is 17.6 Å². The summed E-state index contributed by atoms with van der Waals surface area (Å²) in [5.74, 6) is 0.387. The molecule has 0 aromatic heterocycles. The number of ether oxygens (including phenoxy) is 1. The molecule has 0 aliphatic heterocycles. The smallest absolute Gasteiger partial charge is 0.262 e. The molecule has 0 unspecified atom stereocenters. The van der Waals surface area contributed by atoms with E-state index in [1.165, 1.54) is 0 Å². The maximum Gasteiger partial charge on any atom is 0.262 e. The SMILES string of the molecule is O=C(COc1ccc(CO)cc1)Nc1ccccc1. The van der Waals surface area contributed by atoms with Crippen LogP contribution in [0.5, 0.6) is 5.75 Å². The van der Waals surface area contributed by atoms with Crippen LogP contribution in [0, 0.1) is 0 Å². The monoisotopic (exact) mass is 257 g/mol. The average Bonchev–Trinajstić information content (AvgIpc) is 2.47. The molecule has 0 aliphatic rings. The highest BCUT2D eigenvalue weighted by Crippen LogP contribution is 2.12. The van der Waals surface area contributed by atoms with E-state index in [0.29, 0.717) is 5.75 Å². The highest BCUT2D eigenvalue weighted by atomic mass is 16.5. The Kier molecular flexibility index (Phi) is 4.53. The molecule has 0 bridgehead atoms. The molecule has 0 atom stereocenters. The van der Waals surface area contributed by atoms with Gasteiger partial charge in [-0.25, -0.2) is 0 Å². The van der Waals surface area contributed by atoms with Gasteiger partial charge in [0.2, 0.25) is 0 Å². The summed E-state index contributed by atoms with van der Waals surface area (Å²) in [4.78, 5) is 11.6. The highest BCUT2D eigenvalue weighted by molar-refractivity contribution is 5.91. The van der Waals surface area contributed by atoms with Gasteiger partial charge in [0.15, 0.2) is 6.61 Å². The second kappa shape index (κ2) is 6.56. The fourth-order valence-electron chi connectivity index (χ4n) is 1.56. The molecule has 0 saturated carbocycles. The van der Waals surface area contributed by atoms with Crippen LogP contribution in [0.4, 0.5) is 5.69 Å². The summed E-state index contributed by atoms with van der Waals surface area (Å²) >= 11 is 0. The van der Waals surface area contributed by atoms with Gasteiger partial charge in [0.25, 0.3) is 5.91 Å². The Morgan fingerprint density at radius 3 is 2.37 bits per heavy atom. The van der Waals surface area contributed by atoms with Crippen molar-refractivity contribution in [3.63, 3.8) is 0 Å². The van der Waals surface area contributed by atoms with E-state index in [9.17, 15) is 4.79 Å². The van der Waals surface area contributed by atoms with Crippen molar-refractivity contribution in [2.75, 3.05) is 11.9 Å². The number of aliphatic hydroxyl groups is 1. The fraction of sp³-hybridized carbons (Fsp3) is 0.133. The Bertz CT molecular complexity index is 523. The van der Waals surface area contributed by atoms with E-state index >= 15 is 0 Å². The summed E-state index contributed by atoms with van der Waals surface area (Å²) in [7, 11) is 0. The average molecular weight is 257 g/mol.